The number of benzene rings is 3. The van der Waals surface area contributed by atoms with E-state index in [-0.39, 0.29) is 11.7 Å². The molecule has 0 bridgehead atoms. The van der Waals surface area contributed by atoms with Crippen molar-refractivity contribution in [2.45, 2.75) is 13.8 Å². The molecular weight excluding hydrogens is 490 g/mol. The first-order chi connectivity index (χ1) is 16.6. The molecule has 3 aromatic carbocycles. The highest BCUT2D eigenvalue weighted by atomic mass is 32.2. The number of nitrogens with zero attached hydrogens (tertiary/aromatic N) is 3. The minimum absolute atomic E-state index is 0.123. The normalized spacial score (nSPS) is 14.5. The van der Waals surface area contributed by atoms with Crippen LogP contribution < -0.4 is 9.64 Å². The summed E-state index contributed by atoms with van der Waals surface area (Å²) in [5.41, 5.74) is 2.68. The third kappa shape index (κ3) is 5.05. The first-order valence-corrected chi connectivity index (χ1v) is 11.4. The Morgan fingerprint density at radius 3 is 2.29 bits per heavy atom. The van der Waals surface area contributed by atoms with Gasteiger partial charge in [-0.15, -0.1) is 0 Å². The Hall–Kier alpha value is -4.09. The van der Waals surface area contributed by atoms with Gasteiger partial charge >= 0.3 is 5.69 Å². The number of thioether (sulfide) groups is 1. The lowest BCUT2D eigenvalue weighted by atomic mass is 10.1. The predicted molar refractivity (Wildman–Crippen MR) is 138 cm³/mol. The number of anilines is 1. The molecule has 35 heavy (non-hydrogen) atoms. The van der Waals surface area contributed by atoms with E-state index < -0.39 is 21.2 Å². The molecule has 11 heteroatoms. The molecule has 4 rings (SSSR count). The second kappa shape index (κ2) is 9.65. The van der Waals surface area contributed by atoms with Crippen LogP contribution in [0.4, 0.5) is 17.1 Å². The van der Waals surface area contributed by atoms with E-state index in [1.165, 1.54) is 22.7 Å². The SMILES string of the molecule is Cc1ccc(N2C(=O)/C(=C\c3ccc(Oc4ccc([N+](=O)[O-])cc4[N+](=O)[O-])cc3)SC2=S)cc1C. The van der Waals surface area contributed by atoms with Gasteiger partial charge in [-0.25, -0.2) is 0 Å². The van der Waals surface area contributed by atoms with Gasteiger partial charge in [-0.05, 0) is 66.9 Å². The lowest BCUT2D eigenvalue weighted by molar-refractivity contribution is -0.394. The fourth-order valence-corrected chi connectivity index (χ4v) is 4.61. The highest BCUT2D eigenvalue weighted by Gasteiger charge is 2.33. The minimum atomic E-state index is -0.742. The molecule has 0 N–H and O–H groups in total. The molecule has 0 saturated carbocycles. The number of rotatable bonds is 6. The van der Waals surface area contributed by atoms with Crippen molar-refractivity contribution < 1.29 is 19.4 Å². The third-order valence-corrected chi connectivity index (χ3v) is 6.60. The van der Waals surface area contributed by atoms with Gasteiger partial charge in [-0.2, -0.15) is 0 Å². The van der Waals surface area contributed by atoms with Crippen molar-refractivity contribution in [1.82, 2.24) is 0 Å². The van der Waals surface area contributed by atoms with Gasteiger partial charge in [0, 0.05) is 6.07 Å². The number of ether oxygens (including phenoxy) is 1. The van der Waals surface area contributed by atoms with E-state index in [9.17, 15) is 25.0 Å². The number of nitro benzene ring substituents is 2. The first-order valence-electron chi connectivity index (χ1n) is 10.2. The molecule has 9 nitrogen and oxygen atoms in total. The Balaban J connectivity index is 1.54. The number of hydrogen-bond acceptors (Lipinski definition) is 8. The van der Waals surface area contributed by atoms with Crippen molar-refractivity contribution in [3.8, 4) is 11.5 Å². The lowest BCUT2D eigenvalue weighted by Crippen LogP contribution is -2.27. The summed E-state index contributed by atoms with van der Waals surface area (Å²) in [5.74, 6) is -0.0468. The van der Waals surface area contributed by atoms with Crippen LogP contribution >= 0.6 is 24.0 Å². The lowest BCUT2D eigenvalue weighted by Gasteiger charge is -2.15. The van der Waals surface area contributed by atoms with Gasteiger partial charge in [-0.1, -0.05) is 42.2 Å². The Bertz CT molecular complexity index is 1420. The fraction of sp³-hybridized carbons (Fsp3) is 0.0833. The van der Waals surface area contributed by atoms with E-state index in [2.05, 4.69) is 0 Å². The number of non-ortho nitro benzene ring substituents is 1. The van der Waals surface area contributed by atoms with Crippen LogP contribution in [0, 0.1) is 34.1 Å². The summed E-state index contributed by atoms with van der Waals surface area (Å²) in [6.07, 6.45) is 1.71. The fourth-order valence-electron chi connectivity index (χ4n) is 3.31. The van der Waals surface area contributed by atoms with E-state index in [4.69, 9.17) is 17.0 Å². The summed E-state index contributed by atoms with van der Waals surface area (Å²) in [4.78, 5) is 35.7. The Morgan fingerprint density at radius 2 is 1.66 bits per heavy atom. The van der Waals surface area contributed by atoms with Gasteiger partial charge in [0.2, 0.25) is 5.75 Å². The number of carbonyl (C=O) groups excluding carboxylic acids is 1. The number of nitro groups is 2. The monoisotopic (exact) mass is 507 g/mol. The molecule has 0 aromatic heterocycles. The van der Waals surface area contributed by atoms with Crippen LogP contribution in [0.2, 0.25) is 0 Å². The average molecular weight is 508 g/mol. The summed E-state index contributed by atoms with van der Waals surface area (Å²) in [7, 11) is 0. The molecule has 0 atom stereocenters. The van der Waals surface area contributed by atoms with E-state index >= 15 is 0 Å². The molecule has 1 aliphatic rings. The third-order valence-electron chi connectivity index (χ3n) is 5.30. The summed E-state index contributed by atoms with van der Waals surface area (Å²) in [6.45, 7) is 3.97. The second-order valence-electron chi connectivity index (χ2n) is 7.62. The van der Waals surface area contributed by atoms with Crippen LogP contribution in [0.5, 0.6) is 11.5 Å². The maximum absolute atomic E-state index is 13.0. The second-order valence-corrected chi connectivity index (χ2v) is 9.30. The average Bonchev–Trinajstić information content (AvgIpc) is 3.09. The Morgan fingerprint density at radius 1 is 0.943 bits per heavy atom. The van der Waals surface area contributed by atoms with Gasteiger partial charge < -0.3 is 4.74 Å². The number of hydrogen-bond donors (Lipinski definition) is 0. The molecule has 0 radical (unpaired) electrons. The number of amides is 1. The number of thiocarbonyl (C=S) groups is 1. The van der Waals surface area contributed by atoms with Crippen LogP contribution in [0.3, 0.4) is 0 Å². The molecule has 1 aliphatic heterocycles. The van der Waals surface area contributed by atoms with Gasteiger partial charge in [0.25, 0.3) is 11.6 Å². The zero-order chi connectivity index (χ0) is 25.3. The first kappa shape index (κ1) is 24.0. The maximum atomic E-state index is 13.0. The molecule has 1 saturated heterocycles. The molecule has 1 amide bonds. The van der Waals surface area contributed by atoms with Crippen molar-refractivity contribution in [3.05, 3.63) is 102 Å². The van der Waals surface area contributed by atoms with Gasteiger partial charge in [0.15, 0.2) is 4.32 Å². The standard InChI is InChI=1S/C24H17N3O6S2/c1-14-3-6-17(11-15(14)2)25-23(28)22(35-24(25)34)12-16-4-8-19(9-5-16)33-21-10-7-18(26(29)30)13-20(21)27(31)32/h3-13H,1-2H3/b22-12+. The van der Waals surface area contributed by atoms with E-state index in [1.807, 2.05) is 32.0 Å². The molecule has 1 heterocycles. The molecule has 0 unspecified atom stereocenters. The summed E-state index contributed by atoms with van der Waals surface area (Å²) in [6, 6.07) is 15.4. The van der Waals surface area contributed by atoms with Gasteiger partial charge in [0.05, 0.1) is 26.5 Å². The van der Waals surface area contributed by atoms with Crippen molar-refractivity contribution in [2.24, 2.45) is 0 Å². The van der Waals surface area contributed by atoms with Gasteiger partial charge in [-0.3, -0.25) is 29.9 Å². The van der Waals surface area contributed by atoms with Crippen molar-refractivity contribution >= 4 is 57.3 Å². The van der Waals surface area contributed by atoms with E-state index in [0.717, 1.165) is 23.3 Å². The van der Waals surface area contributed by atoms with Crippen molar-refractivity contribution in [2.75, 3.05) is 4.90 Å². The van der Waals surface area contributed by atoms with Crippen molar-refractivity contribution in [1.29, 1.82) is 0 Å². The molecule has 3 aromatic rings. The smallest absolute Gasteiger partial charge is 0.318 e. The topological polar surface area (TPSA) is 116 Å². The summed E-state index contributed by atoms with van der Waals surface area (Å²) < 4.78 is 6.02. The molecule has 1 fully saturated rings. The zero-order valence-electron chi connectivity index (χ0n) is 18.5. The Kier molecular flexibility index (Phi) is 6.63. The zero-order valence-corrected chi connectivity index (χ0v) is 20.1. The summed E-state index contributed by atoms with van der Waals surface area (Å²) in [5, 5.41) is 22.2. The largest absolute Gasteiger partial charge is 0.450 e. The highest BCUT2D eigenvalue weighted by Crippen LogP contribution is 2.37. The van der Waals surface area contributed by atoms with Crippen molar-refractivity contribution in [3.63, 3.8) is 0 Å². The van der Waals surface area contributed by atoms with Gasteiger partial charge in [0.1, 0.15) is 5.75 Å². The number of aryl methyl sites for hydroxylation is 2. The molecule has 176 valence electrons. The molecule has 0 aliphatic carbocycles. The maximum Gasteiger partial charge on any atom is 0.318 e. The minimum Gasteiger partial charge on any atom is -0.450 e. The van der Waals surface area contributed by atoms with E-state index in [0.29, 0.717) is 26.2 Å². The van der Waals surface area contributed by atoms with E-state index in [1.54, 1.807) is 30.3 Å². The van der Waals surface area contributed by atoms with Crippen LogP contribution in [0.15, 0.2) is 65.6 Å². The molecular formula is C24H17N3O6S2. The quantitative estimate of drug-likeness (QED) is 0.165. The Labute approximate surface area is 209 Å². The number of carbonyl (C=O) groups is 1. The van der Waals surface area contributed by atoms with Crippen LogP contribution in [0.25, 0.3) is 6.08 Å². The van der Waals surface area contributed by atoms with Crippen LogP contribution in [-0.2, 0) is 4.79 Å². The molecule has 0 spiro atoms. The summed E-state index contributed by atoms with van der Waals surface area (Å²) >= 11 is 6.64. The van der Waals surface area contributed by atoms with Crippen LogP contribution in [-0.4, -0.2) is 20.1 Å². The highest BCUT2D eigenvalue weighted by molar-refractivity contribution is 8.27. The van der Waals surface area contributed by atoms with Crippen LogP contribution in [0.1, 0.15) is 16.7 Å². The predicted octanol–water partition coefficient (Wildman–Crippen LogP) is 6.32.